The van der Waals surface area contributed by atoms with Crippen molar-refractivity contribution in [2.24, 2.45) is 0 Å². The first kappa shape index (κ1) is 16.7. The monoisotopic (exact) mass is 344 g/mol. The van der Waals surface area contributed by atoms with E-state index in [1.165, 1.54) is 14.2 Å². The molecule has 1 aromatic carbocycles. The molecule has 0 fully saturated rings. The van der Waals surface area contributed by atoms with E-state index >= 15 is 0 Å². The number of nitrogens with one attached hydrogen (secondary N) is 2. The Hall–Kier alpha value is -3.20. The van der Waals surface area contributed by atoms with Crippen LogP contribution in [0.25, 0.3) is 21.9 Å². The van der Waals surface area contributed by atoms with E-state index in [4.69, 9.17) is 14.6 Å². The average Bonchev–Trinajstić information content (AvgIpc) is 2.63. The van der Waals surface area contributed by atoms with Crippen LogP contribution in [0.3, 0.4) is 0 Å². The lowest BCUT2D eigenvalue weighted by molar-refractivity contribution is 0.0934. The van der Waals surface area contributed by atoms with E-state index in [1.807, 2.05) is 0 Å². The highest BCUT2D eigenvalue weighted by Gasteiger charge is 2.14. The number of ether oxygens (including phenoxy) is 2. The van der Waals surface area contributed by atoms with Gasteiger partial charge < -0.3 is 24.9 Å². The molecule has 3 aromatic rings. The number of nitrogens with zero attached hydrogens (tertiary/aromatic N) is 2. The molecular weight excluding hydrogens is 328 g/mol. The van der Waals surface area contributed by atoms with Crippen LogP contribution in [0.15, 0.2) is 23.0 Å². The third kappa shape index (κ3) is 3.09. The van der Waals surface area contributed by atoms with Crippen molar-refractivity contribution >= 4 is 27.8 Å². The standard InChI is InChI=1S/C16H16N4O5/c1-24-11-6-8-5-9-13(18-10(8)7-12(11)25-2)19-14(20-15(9)22)16(23)17-3-4-21/h5-7,21H,3-4H2,1-2H3,(H,17,23)(H,18,19,20,22). The number of aromatic nitrogens is 3. The van der Waals surface area contributed by atoms with Gasteiger partial charge >= 0.3 is 0 Å². The third-order valence-corrected chi connectivity index (χ3v) is 3.61. The van der Waals surface area contributed by atoms with Crippen molar-refractivity contribution in [3.05, 3.63) is 34.4 Å². The van der Waals surface area contributed by atoms with E-state index in [2.05, 4.69) is 20.3 Å². The number of carbonyl (C=O) groups excluding carboxylic acids is 1. The van der Waals surface area contributed by atoms with Crippen LogP contribution in [0.5, 0.6) is 11.5 Å². The van der Waals surface area contributed by atoms with Crippen molar-refractivity contribution in [3.8, 4) is 11.5 Å². The van der Waals surface area contributed by atoms with Gasteiger partial charge in [-0.25, -0.2) is 9.97 Å². The largest absolute Gasteiger partial charge is 0.493 e. The first-order valence-electron chi connectivity index (χ1n) is 7.43. The van der Waals surface area contributed by atoms with Crippen LogP contribution in [-0.2, 0) is 0 Å². The fourth-order valence-corrected chi connectivity index (χ4v) is 2.41. The van der Waals surface area contributed by atoms with Crippen molar-refractivity contribution in [1.82, 2.24) is 20.3 Å². The third-order valence-electron chi connectivity index (χ3n) is 3.61. The number of aromatic amines is 1. The summed E-state index contributed by atoms with van der Waals surface area (Å²) in [6, 6.07) is 5.00. The number of H-pyrrole nitrogens is 1. The predicted molar refractivity (Wildman–Crippen MR) is 90.2 cm³/mol. The number of fused-ring (bicyclic) bond motifs is 2. The summed E-state index contributed by atoms with van der Waals surface area (Å²) in [6.45, 7) is -0.156. The Bertz CT molecular complexity index is 1010. The summed E-state index contributed by atoms with van der Waals surface area (Å²) in [5.74, 6) is 0.244. The first-order chi connectivity index (χ1) is 12.1. The Morgan fingerprint density at radius 2 is 1.92 bits per heavy atom. The maximum absolute atomic E-state index is 12.3. The minimum atomic E-state index is -0.595. The highest BCUT2D eigenvalue weighted by molar-refractivity contribution is 5.95. The van der Waals surface area contributed by atoms with Gasteiger partial charge in [-0.3, -0.25) is 9.59 Å². The number of amides is 1. The van der Waals surface area contributed by atoms with Gasteiger partial charge in [0, 0.05) is 18.0 Å². The summed E-state index contributed by atoms with van der Waals surface area (Å²) < 4.78 is 10.5. The number of carbonyl (C=O) groups is 1. The van der Waals surface area contributed by atoms with Gasteiger partial charge in [-0.05, 0) is 12.1 Å². The van der Waals surface area contributed by atoms with E-state index in [1.54, 1.807) is 18.2 Å². The molecule has 2 aromatic heterocycles. The van der Waals surface area contributed by atoms with E-state index in [0.29, 0.717) is 22.4 Å². The van der Waals surface area contributed by atoms with Crippen LogP contribution in [0.4, 0.5) is 0 Å². The average molecular weight is 344 g/mol. The van der Waals surface area contributed by atoms with Gasteiger partial charge in [0.2, 0.25) is 5.82 Å². The summed E-state index contributed by atoms with van der Waals surface area (Å²) in [5, 5.41) is 12.1. The fraction of sp³-hybridized carbons (Fsp3) is 0.250. The van der Waals surface area contributed by atoms with Crippen molar-refractivity contribution in [3.63, 3.8) is 0 Å². The lowest BCUT2D eigenvalue weighted by Gasteiger charge is -2.09. The second-order valence-electron chi connectivity index (χ2n) is 5.15. The fourth-order valence-electron chi connectivity index (χ4n) is 2.41. The number of hydrogen-bond donors (Lipinski definition) is 3. The lowest BCUT2D eigenvalue weighted by atomic mass is 10.1. The quantitative estimate of drug-likeness (QED) is 0.565. The summed E-state index contributed by atoms with van der Waals surface area (Å²) in [5.41, 5.74) is 0.200. The molecule has 0 unspecified atom stereocenters. The first-order valence-corrected chi connectivity index (χ1v) is 7.43. The Labute approximate surface area is 141 Å². The second kappa shape index (κ2) is 6.73. The molecule has 9 heteroatoms. The normalized spacial score (nSPS) is 10.8. The van der Waals surface area contributed by atoms with Gasteiger partial charge in [-0.2, -0.15) is 0 Å². The van der Waals surface area contributed by atoms with Gasteiger partial charge in [-0.1, -0.05) is 0 Å². The van der Waals surface area contributed by atoms with Crippen LogP contribution in [0.1, 0.15) is 10.6 Å². The van der Waals surface area contributed by atoms with Crippen LogP contribution in [-0.4, -0.2) is 53.3 Å². The van der Waals surface area contributed by atoms with Crippen molar-refractivity contribution in [1.29, 1.82) is 0 Å². The number of pyridine rings is 1. The van der Waals surface area contributed by atoms with E-state index in [-0.39, 0.29) is 30.0 Å². The number of rotatable bonds is 5. The van der Waals surface area contributed by atoms with Crippen molar-refractivity contribution < 1.29 is 19.4 Å². The molecule has 25 heavy (non-hydrogen) atoms. The molecule has 0 bridgehead atoms. The Balaban J connectivity index is 2.18. The van der Waals surface area contributed by atoms with Crippen LogP contribution in [0, 0.1) is 0 Å². The van der Waals surface area contributed by atoms with Crippen LogP contribution < -0.4 is 20.3 Å². The van der Waals surface area contributed by atoms with Gasteiger partial charge in [0.05, 0.1) is 31.7 Å². The van der Waals surface area contributed by atoms with Crippen molar-refractivity contribution in [2.75, 3.05) is 27.4 Å². The van der Waals surface area contributed by atoms with E-state index < -0.39 is 11.5 Å². The zero-order valence-corrected chi connectivity index (χ0v) is 13.6. The van der Waals surface area contributed by atoms with E-state index in [0.717, 1.165) is 0 Å². The van der Waals surface area contributed by atoms with Crippen molar-refractivity contribution in [2.45, 2.75) is 0 Å². The Morgan fingerprint density at radius 1 is 1.20 bits per heavy atom. The Kier molecular flexibility index (Phi) is 4.48. The maximum atomic E-state index is 12.3. The lowest BCUT2D eigenvalue weighted by Crippen LogP contribution is -2.30. The molecule has 0 spiro atoms. The maximum Gasteiger partial charge on any atom is 0.287 e. The smallest absolute Gasteiger partial charge is 0.287 e. The SMILES string of the molecule is COc1cc2cc3c(=O)[nH]c(C(=O)NCCO)nc3nc2cc1OC. The molecular formula is C16H16N4O5. The molecule has 9 nitrogen and oxygen atoms in total. The zero-order chi connectivity index (χ0) is 18.0. The summed E-state index contributed by atoms with van der Waals surface area (Å²) >= 11 is 0. The predicted octanol–water partition coefficient (Wildman–Crippen LogP) is 0.211. The molecule has 0 aliphatic carbocycles. The highest BCUT2D eigenvalue weighted by Crippen LogP contribution is 2.32. The number of hydrogen-bond acceptors (Lipinski definition) is 7. The minimum Gasteiger partial charge on any atom is -0.493 e. The Morgan fingerprint density at radius 3 is 2.60 bits per heavy atom. The summed E-state index contributed by atoms with van der Waals surface area (Å²) in [7, 11) is 3.03. The topological polar surface area (TPSA) is 126 Å². The molecule has 0 aliphatic rings. The molecule has 1 amide bonds. The number of aliphatic hydroxyl groups is 1. The molecule has 3 rings (SSSR count). The second-order valence-corrected chi connectivity index (χ2v) is 5.15. The summed E-state index contributed by atoms with van der Waals surface area (Å²) in [6.07, 6.45) is 0. The van der Waals surface area contributed by atoms with Gasteiger partial charge in [0.25, 0.3) is 11.5 Å². The zero-order valence-electron chi connectivity index (χ0n) is 13.6. The molecule has 0 saturated carbocycles. The molecule has 0 radical (unpaired) electrons. The van der Waals surface area contributed by atoms with Gasteiger partial charge in [0.1, 0.15) is 0 Å². The van der Waals surface area contributed by atoms with Gasteiger partial charge in [-0.15, -0.1) is 0 Å². The molecule has 2 heterocycles. The molecule has 0 aliphatic heterocycles. The minimum absolute atomic E-state index is 0.0583. The highest BCUT2D eigenvalue weighted by atomic mass is 16.5. The van der Waals surface area contributed by atoms with Gasteiger partial charge in [0.15, 0.2) is 17.1 Å². The summed E-state index contributed by atoms with van der Waals surface area (Å²) in [4.78, 5) is 35.1. The number of methoxy groups -OCH3 is 2. The van der Waals surface area contributed by atoms with Crippen LogP contribution >= 0.6 is 0 Å². The number of aliphatic hydroxyl groups excluding tert-OH is 1. The molecule has 3 N–H and O–H groups in total. The number of benzene rings is 1. The molecule has 0 saturated heterocycles. The van der Waals surface area contributed by atoms with E-state index in [9.17, 15) is 9.59 Å². The molecule has 0 atom stereocenters. The molecule has 130 valence electrons. The van der Waals surface area contributed by atoms with Crippen LogP contribution in [0.2, 0.25) is 0 Å².